The summed E-state index contributed by atoms with van der Waals surface area (Å²) in [6.45, 7) is 26.6. The predicted molar refractivity (Wildman–Crippen MR) is 218 cm³/mol. The van der Waals surface area contributed by atoms with Crippen molar-refractivity contribution in [1.82, 2.24) is 15.5 Å². The molecule has 1 saturated heterocycles. The third-order valence-corrected chi connectivity index (χ3v) is 8.27. The standard InChI is InChI=1S/C29H48N4S.C7H8.C4H10.C2H5N/c1-5-12-27(24(3)22-26-14-8-7-9-15-26)31-23-25(4)32-28(16-10-17-30)29(13-6-2)33-18-11-20-34-21-19-33;1-7-5-3-2-4-6-7;1-4(2)3;1-2-3/h7-9,12-15,24,28,31-32H,4-6,10-11,16-23,30H2,1-3H3;2-6H,1H3;4H,1-3H3;2H,1,3H2. The molecule has 0 spiro atoms. The molecule has 0 amide bonds. The summed E-state index contributed by atoms with van der Waals surface area (Å²) in [7, 11) is 0. The Kier molecular flexibility index (Phi) is 28.1. The molecule has 6 heteroatoms. The molecular weight excluding hydrogens is 607 g/mol. The van der Waals surface area contributed by atoms with Crippen molar-refractivity contribution in [3.63, 3.8) is 0 Å². The minimum absolute atomic E-state index is 0.265. The minimum atomic E-state index is 0.265. The van der Waals surface area contributed by atoms with E-state index in [0.717, 1.165) is 69.9 Å². The summed E-state index contributed by atoms with van der Waals surface area (Å²) in [5, 5.41) is 7.48. The number of hydrogen-bond donors (Lipinski definition) is 4. The molecule has 6 N–H and O–H groups in total. The molecule has 0 bridgehead atoms. The third-order valence-electron chi connectivity index (χ3n) is 7.22. The van der Waals surface area contributed by atoms with Crippen molar-refractivity contribution in [2.75, 3.05) is 37.7 Å². The van der Waals surface area contributed by atoms with Crippen molar-refractivity contribution in [2.45, 2.75) is 93.0 Å². The first-order valence-corrected chi connectivity index (χ1v) is 19.3. The normalized spacial score (nSPS) is 14.4. The van der Waals surface area contributed by atoms with Crippen LogP contribution in [-0.2, 0) is 6.42 Å². The van der Waals surface area contributed by atoms with Crippen molar-refractivity contribution < 1.29 is 0 Å². The van der Waals surface area contributed by atoms with E-state index in [-0.39, 0.29) is 6.04 Å². The molecule has 0 aromatic heterocycles. The van der Waals surface area contributed by atoms with E-state index in [9.17, 15) is 0 Å². The Morgan fingerprint density at radius 3 is 2.04 bits per heavy atom. The number of nitrogens with zero attached hydrogens (tertiary/aromatic N) is 1. The molecule has 1 aliphatic rings. The summed E-state index contributed by atoms with van der Waals surface area (Å²) in [4.78, 5) is 2.60. The van der Waals surface area contributed by atoms with Crippen molar-refractivity contribution in [3.05, 3.63) is 120 Å². The molecule has 2 aromatic rings. The van der Waals surface area contributed by atoms with Gasteiger partial charge in [0.05, 0.1) is 12.6 Å². The Morgan fingerprint density at radius 2 is 1.52 bits per heavy atom. The van der Waals surface area contributed by atoms with Gasteiger partial charge in [0.15, 0.2) is 0 Å². The molecule has 270 valence electrons. The summed E-state index contributed by atoms with van der Waals surface area (Å²) < 4.78 is 0. The second-order valence-electron chi connectivity index (χ2n) is 12.9. The summed E-state index contributed by atoms with van der Waals surface area (Å²) in [5.74, 6) is 3.74. The van der Waals surface area contributed by atoms with Crippen LogP contribution in [0.2, 0.25) is 0 Å². The summed E-state index contributed by atoms with van der Waals surface area (Å²) >= 11 is 2.07. The molecular formula is C42H71N5S. The molecule has 0 aliphatic carbocycles. The zero-order valence-corrected chi connectivity index (χ0v) is 32.5. The van der Waals surface area contributed by atoms with Crippen LogP contribution in [0.3, 0.4) is 0 Å². The van der Waals surface area contributed by atoms with Gasteiger partial charge >= 0.3 is 0 Å². The Morgan fingerprint density at radius 1 is 0.938 bits per heavy atom. The second-order valence-corrected chi connectivity index (χ2v) is 14.1. The van der Waals surface area contributed by atoms with Crippen LogP contribution in [-0.4, -0.2) is 48.6 Å². The van der Waals surface area contributed by atoms with Crippen molar-refractivity contribution in [1.29, 1.82) is 0 Å². The highest BCUT2D eigenvalue weighted by molar-refractivity contribution is 7.99. The fourth-order valence-corrected chi connectivity index (χ4v) is 5.99. The third kappa shape index (κ3) is 23.3. The second kappa shape index (κ2) is 30.0. The number of thioether (sulfide) groups is 1. The summed E-state index contributed by atoms with van der Waals surface area (Å²) in [5.41, 5.74) is 17.0. The number of nitrogens with one attached hydrogen (secondary N) is 2. The Bertz CT molecular complexity index is 1100. The van der Waals surface area contributed by atoms with Gasteiger partial charge in [0.2, 0.25) is 0 Å². The number of allylic oxidation sites excluding steroid dienone is 3. The van der Waals surface area contributed by atoms with Gasteiger partial charge in [-0.25, -0.2) is 0 Å². The number of rotatable bonds is 15. The highest BCUT2D eigenvalue weighted by Gasteiger charge is 2.21. The number of aryl methyl sites for hydroxylation is 1. The van der Waals surface area contributed by atoms with E-state index >= 15 is 0 Å². The number of benzene rings is 2. The lowest BCUT2D eigenvalue weighted by Gasteiger charge is -2.33. The van der Waals surface area contributed by atoms with Crippen LogP contribution in [0, 0.1) is 18.8 Å². The highest BCUT2D eigenvalue weighted by atomic mass is 32.2. The Hall–Kier alpha value is -3.09. The molecule has 2 atom stereocenters. The maximum absolute atomic E-state index is 5.91. The van der Waals surface area contributed by atoms with Gasteiger partial charge in [-0.3, -0.25) is 0 Å². The van der Waals surface area contributed by atoms with Gasteiger partial charge in [-0.2, -0.15) is 11.8 Å². The molecule has 1 aliphatic heterocycles. The summed E-state index contributed by atoms with van der Waals surface area (Å²) in [6, 6.07) is 21.3. The van der Waals surface area contributed by atoms with E-state index in [1.165, 1.54) is 46.6 Å². The first-order chi connectivity index (χ1) is 23.1. The van der Waals surface area contributed by atoms with Crippen LogP contribution in [0.25, 0.3) is 0 Å². The number of hydrogen-bond acceptors (Lipinski definition) is 6. The zero-order chi connectivity index (χ0) is 36.0. The predicted octanol–water partition coefficient (Wildman–Crippen LogP) is 9.44. The van der Waals surface area contributed by atoms with E-state index < -0.39 is 0 Å². The fraction of sp³-hybridized carbons (Fsp3) is 0.524. The van der Waals surface area contributed by atoms with Crippen molar-refractivity contribution in [3.8, 4) is 0 Å². The van der Waals surface area contributed by atoms with E-state index in [1.54, 1.807) is 0 Å². The zero-order valence-electron chi connectivity index (χ0n) is 31.6. The molecule has 1 heterocycles. The first kappa shape index (κ1) is 44.9. The van der Waals surface area contributed by atoms with Gasteiger partial charge < -0.3 is 27.0 Å². The topological polar surface area (TPSA) is 79.3 Å². The van der Waals surface area contributed by atoms with E-state index in [2.05, 4.69) is 149 Å². The monoisotopic (exact) mass is 678 g/mol. The largest absolute Gasteiger partial charge is 0.405 e. The quantitative estimate of drug-likeness (QED) is 0.150. The van der Waals surface area contributed by atoms with Crippen LogP contribution < -0.4 is 22.1 Å². The van der Waals surface area contributed by atoms with Gasteiger partial charge in [-0.1, -0.05) is 133 Å². The van der Waals surface area contributed by atoms with Gasteiger partial charge in [-0.15, -0.1) is 0 Å². The van der Waals surface area contributed by atoms with Gasteiger partial charge in [0, 0.05) is 35.9 Å². The average Bonchev–Trinajstić information content (AvgIpc) is 3.35. The maximum atomic E-state index is 5.91. The van der Waals surface area contributed by atoms with Crippen molar-refractivity contribution in [2.24, 2.45) is 23.3 Å². The van der Waals surface area contributed by atoms with Gasteiger partial charge in [0.25, 0.3) is 0 Å². The van der Waals surface area contributed by atoms with Crippen LogP contribution in [0.1, 0.15) is 84.8 Å². The van der Waals surface area contributed by atoms with Gasteiger partial charge in [0.1, 0.15) is 0 Å². The highest BCUT2D eigenvalue weighted by Crippen LogP contribution is 2.21. The molecule has 3 rings (SSSR count). The van der Waals surface area contributed by atoms with Crippen LogP contribution in [0.4, 0.5) is 0 Å². The van der Waals surface area contributed by atoms with Gasteiger partial charge in [-0.05, 0) is 81.3 Å². The first-order valence-electron chi connectivity index (χ1n) is 18.1. The van der Waals surface area contributed by atoms with E-state index in [0.29, 0.717) is 5.92 Å². The summed E-state index contributed by atoms with van der Waals surface area (Å²) in [6.07, 6.45) is 12.4. The lowest BCUT2D eigenvalue weighted by molar-refractivity contribution is 0.324. The van der Waals surface area contributed by atoms with Crippen LogP contribution in [0.15, 0.2) is 109 Å². The molecule has 0 radical (unpaired) electrons. The minimum Gasteiger partial charge on any atom is -0.405 e. The van der Waals surface area contributed by atoms with Crippen LogP contribution >= 0.6 is 11.8 Å². The molecule has 2 unspecified atom stereocenters. The SMILES string of the molecule is C=C(CNC(=CCC)C(C)Cc1ccccc1)NC(CCCN)C(=CCC)N1CCCSCC1.C=CN.CC(C)C.Cc1ccccc1. The molecule has 2 aromatic carbocycles. The Balaban J connectivity index is 0.00000131. The average molecular weight is 678 g/mol. The molecule has 0 saturated carbocycles. The molecule has 5 nitrogen and oxygen atoms in total. The lowest BCUT2D eigenvalue weighted by Crippen LogP contribution is -2.41. The van der Waals surface area contributed by atoms with Crippen molar-refractivity contribution >= 4 is 11.8 Å². The fourth-order valence-electron chi connectivity index (χ4n) is 5.11. The lowest BCUT2D eigenvalue weighted by atomic mass is 9.97. The molecule has 48 heavy (non-hydrogen) atoms. The van der Waals surface area contributed by atoms with Crippen LogP contribution in [0.5, 0.6) is 0 Å². The molecule has 1 fully saturated rings. The van der Waals surface area contributed by atoms with E-state index in [4.69, 9.17) is 5.73 Å². The van der Waals surface area contributed by atoms with E-state index in [1.807, 2.05) is 18.2 Å². The number of nitrogens with two attached hydrogens (primary N) is 2. The Labute approximate surface area is 300 Å². The maximum Gasteiger partial charge on any atom is 0.0656 e. The smallest absolute Gasteiger partial charge is 0.0656 e.